The molecular formula is C21H33BrIN3O2. The number of piperidine rings is 1. The maximum absolute atomic E-state index is 6.09. The van der Waals surface area contributed by atoms with Crippen LogP contribution < -0.4 is 5.32 Å². The topological polar surface area (TPSA) is 46.1 Å². The van der Waals surface area contributed by atoms with Gasteiger partial charge in [-0.2, -0.15) is 0 Å². The van der Waals surface area contributed by atoms with Gasteiger partial charge < -0.3 is 19.7 Å². The minimum absolute atomic E-state index is 0. The molecular weight excluding hydrogens is 533 g/mol. The summed E-state index contributed by atoms with van der Waals surface area (Å²) in [5, 5.41) is 3.45. The monoisotopic (exact) mass is 565 g/mol. The third-order valence-corrected chi connectivity index (χ3v) is 5.82. The number of likely N-dealkylation sites (tertiary alicyclic amines) is 1. The number of nitrogens with one attached hydrogen (secondary N) is 1. The van der Waals surface area contributed by atoms with Gasteiger partial charge in [-0.05, 0) is 62.8 Å². The van der Waals surface area contributed by atoms with E-state index in [1.165, 1.54) is 17.5 Å². The standard InChI is InChI=1S/C21H32BrN3O2.HI/c1-3-23-21(24-14-17-6-7-18(22)13-16(17)2)25-10-8-19(9-11-25)27-15-20-5-4-12-26-20;/h6-7,13,19-20H,3-5,8-12,14-15H2,1-2H3,(H,23,24);1H. The number of guanidine groups is 1. The van der Waals surface area contributed by atoms with Crippen molar-refractivity contribution in [3.63, 3.8) is 0 Å². The summed E-state index contributed by atoms with van der Waals surface area (Å²) in [4.78, 5) is 7.25. The Morgan fingerprint density at radius 3 is 2.75 bits per heavy atom. The van der Waals surface area contributed by atoms with Crippen LogP contribution in [0.15, 0.2) is 27.7 Å². The van der Waals surface area contributed by atoms with Gasteiger partial charge in [0.15, 0.2) is 5.96 Å². The van der Waals surface area contributed by atoms with Crippen molar-refractivity contribution in [1.82, 2.24) is 10.2 Å². The SMILES string of the molecule is CCNC(=NCc1ccc(Br)cc1C)N1CCC(OCC2CCCO2)CC1.I. The fraction of sp³-hybridized carbons (Fsp3) is 0.667. The van der Waals surface area contributed by atoms with Crippen LogP contribution in [-0.4, -0.2) is 55.9 Å². The van der Waals surface area contributed by atoms with E-state index in [0.717, 1.165) is 62.5 Å². The van der Waals surface area contributed by atoms with Crippen molar-refractivity contribution in [3.05, 3.63) is 33.8 Å². The van der Waals surface area contributed by atoms with Crippen molar-refractivity contribution in [3.8, 4) is 0 Å². The van der Waals surface area contributed by atoms with Gasteiger partial charge >= 0.3 is 0 Å². The predicted octanol–water partition coefficient (Wildman–Crippen LogP) is 4.50. The Bertz CT molecular complexity index is 630. The van der Waals surface area contributed by atoms with E-state index in [-0.39, 0.29) is 24.0 Å². The van der Waals surface area contributed by atoms with Crippen molar-refractivity contribution >= 4 is 45.9 Å². The Hall–Kier alpha value is -0.380. The maximum atomic E-state index is 6.09. The van der Waals surface area contributed by atoms with E-state index in [1.54, 1.807) is 0 Å². The second kappa shape index (κ2) is 12.3. The van der Waals surface area contributed by atoms with E-state index in [9.17, 15) is 0 Å². The molecule has 2 aliphatic heterocycles. The van der Waals surface area contributed by atoms with Crippen LogP contribution in [0.25, 0.3) is 0 Å². The van der Waals surface area contributed by atoms with Gasteiger partial charge in [0, 0.05) is 30.7 Å². The average Bonchev–Trinajstić information content (AvgIpc) is 3.19. The zero-order chi connectivity index (χ0) is 19.1. The molecule has 1 aromatic carbocycles. The molecule has 2 saturated heterocycles. The number of nitrogens with zero attached hydrogens (tertiary/aromatic N) is 2. The van der Waals surface area contributed by atoms with Crippen LogP contribution in [0.4, 0.5) is 0 Å². The molecule has 0 spiro atoms. The lowest BCUT2D eigenvalue weighted by molar-refractivity contribution is -0.0367. The van der Waals surface area contributed by atoms with Crippen LogP contribution >= 0.6 is 39.9 Å². The summed E-state index contributed by atoms with van der Waals surface area (Å²) < 4.78 is 12.9. The van der Waals surface area contributed by atoms with Crippen LogP contribution in [0, 0.1) is 6.92 Å². The zero-order valence-electron chi connectivity index (χ0n) is 17.0. The summed E-state index contributed by atoms with van der Waals surface area (Å²) in [7, 11) is 0. The molecule has 2 fully saturated rings. The number of hydrogen-bond acceptors (Lipinski definition) is 3. The Labute approximate surface area is 194 Å². The Morgan fingerprint density at radius 1 is 1.32 bits per heavy atom. The molecule has 2 aliphatic rings. The van der Waals surface area contributed by atoms with Gasteiger partial charge in [0.25, 0.3) is 0 Å². The number of hydrogen-bond donors (Lipinski definition) is 1. The summed E-state index contributed by atoms with van der Waals surface area (Å²) in [6.07, 6.45) is 5.08. The summed E-state index contributed by atoms with van der Waals surface area (Å²) >= 11 is 3.53. The van der Waals surface area contributed by atoms with E-state index in [2.05, 4.69) is 58.2 Å². The number of aliphatic imine (C=N–C) groups is 1. The molecule has 28 heavy (non-hydrogen) atoms. The van der Waals surface area contributed by atoms with Crippen molar-refractivity contribution < 1.29 is 9.47 Å². The van der Waals surface area contributed by atoms with Crippen molar-refractivity contribution in [2.75, 3.05) is 32.8 Å². The first-order valence-electron chi connectivity index (χ1n) is 10.2. The van der Waals surface area contributed by atoms with Gasteiger partial charge in [-0.15, -0.1) is 24.0 Å². The average molecular weight is 566 g/mol. The lowest BCUT2D eigenvalue weighted by Gasteiger charge is -2.34. The second-order valence-corrected chi connectivity index (χ2v) is 8.31. The highest BCUT2D eigenvalue weighted by atomic mass is 127. The van der Waals surface area contributed by atoms with Crippen LogP contribution in [-0.2, 0) is 16.0 Å². The molecule has 3 rings (SSSR count). The molecule has 0 saturated carbocycles. The van der Waals surface area contributed by atoms with Gasteiger partial charge in [0.2, 0.25) is 0 Å². The van der Waals surface area contributed by atoms with Crippen LogP contribution in [0.2, 0.25) is 0 Å². The molecule has 1 atom stereocenters. The number of aryl methyl sites for hydroxylation is 1. The van der Waals surface area contributed by atoms with Gasteiger partial charge in [0.05, 0.1) is 25.4 Å². The zero-order valence-corrected chi connectivity index (χ0v) is 20.9. The van der Waals surface area contributed by atoms with Crippen molar-refractivity contribution in [1.29, 1.82) is 0 Å². The highest BCUT2D eigenvalue weighted by molar-refractivity contribution is 14.0. The minimum Gasteiger partial charge on any atom is -0.376 e. The first kappa shape index (κ1) is 23.9. The number of ether oxygens (including phenoxy) is 2. The first-order valence-corrected chi connectivity index (χ1v) is 11.0. The van der Waals surface area contributed by atoms with Gasteiger partial charge in [-0.3, -0.25) is 0 Å². The van der Waals surface area contributed by atoms with E-state index in [0.29, 0.717) is 18.8 Å². The minimum atomic E-state index is 0. The first-order chi connectivity index (χ1) is 13.2. The quantitative estimate of drug-likeness (QED) is 0.313. The molecule has 158 valence electrons. The fourth-order valence-electron chi connectivity index (χ4n) is 3.68. The Morgan fingerprint density at radius 2 is 2.11 bits per heavy atom. The van der Waals surface area contributed by atoms with E-state index < -0.39 is 0 Å². The Kier molecular flexibility index (Phi) is 10.5. The fourth-order valence-corrected chi connectivity index (χ4v) is 4.15. The molecule has 1 unspecified atom stereocenters. The molecule has 0 aliphatic carbocycles. The molecule has 5 nitrogen and oxygen atoms in total. The smallest absolute Gasteiger partial charge is 0.194 e. The lowest BCUT2D eigenvalue weighted by atomic mass is 10.1. The van der Waals surface area contributed by atoms with Gasteiger partial charge in [-0.1, -0.05) is 22.0 Å². The molecule has 0 amide bonds. The lowest BCUT2D eigenvalue weighted by Crippen LogP contribution is -2.47. The van der Waals surface area contributed by atoms with Crippen LogP contribution in [0.3, 0.4) is 0 Å². The largest absolute Gasteiger partial charge is 0.376 e. The molecule has 0 aromatic heterocycles. The number of halogens is 2. The Balaban J connectivity index is 0.00000280. The third kappa shape index (κ3) is 7.15. The molecule has 2 heterocycles. The highest BCUT2D eigenvalue weighted by Gasteiger charge is 2.24. The molecule has 7 heteroatoms. The molecule has 0 bridgehead atoms. The summed E-state index contributed by atoms with van der Waals surface area (Å²) in [5.74, 6) is 1.01. The van der Waals surface area contributed by atoms with Crippen LogP contribution in [0.1, 0.15) is 43.7 Å². The third-order valence-electron chi connectivity index (χ3n) is 5.32. The van der Waals surface area contributed by atoms with E-state index in [4.69, 9.17) is 14.5 Å². The molecule has 1 aromatic rings. The highest BCUT2D eigenvalue weighted by Crippen LogP contribution is 2.19. The maximum Gasteiger partial charge on any atom is 0.194 e. The van der Waals surface area contributed by atoms with Gasteiger partial charge in [0.1, 0.15) is 0 Å². The molecule has 0 radical (unpaired) electrons. The predicted molar refractivity (Wildman–Crippen MR) is 129 cm³/mol. The number of rotatable bonds is 6. The normalized spacial score (nSPS) is 20.9. The summed E-state index contributed by atoms with van der Waals surface area (Å²) in [6.45, 7) is 9.47. The number of benzene rings is 1. The molecule has 1 N–H and O–H groups in total. The summed E-state index contributed by atoms with van der Waals surface area (Å²) in [6, 6.07) is 6.38. The van der Waals surface area contributed by atoms with E-state index >= 15 is 0 Å². The van der Waals surface area contributed by atoms with Crippen molar-refractivity contribution in [2.24, 2.45) is 4.99 Å². The van der Waals surface area contributed by atoms with Crippen molar-refractivity contribution in [2.45, 2.75) is 58.3 Å². The second-order valence-electron chi connectivity index (χ2n) is 7.40. The van der Waals surface area contributed by atoms with Crippen LogP contribution in [0.5, 0.6) is 0 Å². The van der Waals surface area contributed by atoms with Gasteiger partial charge in [-0.25, -0.2) is 4.99 Å². The summed E-state index contributed by atoms with van der Waals surface area (Å²) in [5.41, 5.74) is 2.54. The van der Waals surface area contributed by atoms with E-state index in [1.807, 2.05) is 0 Å².